The Kier molecular flexibility index (Phi) is 3.54. The van der Waals surface area contributed by atoms with Gasteiger partial charge >= 0.3 is 0 Å². The number of fused-ring (bicyclic) bond motifs is 1. The van der Waals surface area contributed by atoms with E-state index in [9.17, 15) is 4.79 Å². The molecule has 1 saturated carbocycles. The second-order valence-corrected chi connectivity index (χ2v) is 5.63. The largest absolute Gasteiger partial charge is 0.378 e. The van der Waals surface area contributed by atoms with E-state index in [0.29, 0.717) is 12.3 Å². The molecule has 5 atom stereocenters. The number of hydrogen-bond acceptors (Lipinski definition) is 4. The van der Waals surface area contributed by atoms with E-state index >= 15 is 0 Å². The summed E-state index contributed by atoms with van der Waals surface area (Å²) in [6.45, 7) is 1.63. The maximum Gasteiger partial charge on any atom is 0.220 e. The molecule has 1 aliphatic carbocycles. The molecule has 0 aromatic heterocycles. The Morgan fingerprint density at radius 3 is 2.94 bits per heavy atom. The summed E-state index contributed by atoms with van der Waals surface area (Å²) < 4.78 is 11.1. The number of carbonyl (C=O) groups is 1. The van der Waals surface area contributed by atoms with Crippen molar-refractivity contribution in [3.63, 3.8) is 0 Å². The van der Waals surface area contributed by atoms with Crippen LogP contribution in [0, 0.1) is 5.92 Å². The molecule has 1 amide bonds. The van der Waals surface area contributed by atoms with Crippen LogP contribution in [0.3, 0.4) is 0 Å². The van der Waals surface area contributed by atoms with Gasteiger partial charge in [0.2, 0.25) is 5.91 Å². The van der Waals surface area contributed by atoms with Crippen LogP contribution in [0.5, 0.6) is 0 Å². The van der Waals surface area contributed by atoms with E-state index in [0.717, 1.165) is 38.9 Å². The predicted octanol–water partition coefficient (Wildman–Crippen LogP) is 0.176. The first-order valence-electron chi connectivity index (χ1n) is 7.04. The molecule has 2 heterocycles. The number of ether oxygens (including phenoxy) is 2. The van der Waals surface area contributed by atoms with E-state index in [4.69, 9.17) is 15.2 Å². The lowest BCUT2D eigenvalue weighted by atomic mass is 9.72. The summed E-state index contributed by atoms with van der Waals surface area (Å²) in [6.07, 6.45) is 5.04. The van der Waals surface area contributed by atoms with Crippen LogP contribution in [0.1, 0.15) is 32.1 Å². The number of nitrogens with one attached hydrogen (secondary N) is 1. The third-order valence-corrected chi connectivity index (χ3v) is 4.49. The van der Waals surface area contributed by atoms with E-state index in [2.05, 4.69) is 5.32 Å². The minimum Gasteiger partial charge on any atom is -0.378 e. The van der Waals surface area contributed by atoms with Crippen LogP contribution in [0.25, 0.3) is 0 Å². The van der Waals surface area contributed by atoms with Gasteiger partial charge in [0.15, 0.2) is 0 Å². The molecule has 5 nitrogen and oxygen atoms in total. The molecule has 3 N–H and O–H groups in total. The average Bonchev–Trinajstić information content (AvgIpc) is 3.02. The van der Waals surface area contributed by atoms with Gasteiger partial charge in [0.05, 0.1) is 18.2 Å². The van der Waals surface area contributed by atoms with Gasteiger partial charge in [0.25, 0.3) is 0 Å². The smallest absolute Gasteiger partial charge is 0.220 e. The van der Waals surface area contributed by atoms with Crippen molar-refractivity contribution in [1.29, 1.82) is 0 Å². The lowest BCUT2D eigenvalue weighted by molar-refractivity contribution is -0.126. The standard InChI is InChI=1S/C13H22N2O3/c14-11-9-5-7-18-13(9)12(11)15-10(16)4-3-8-2-1-6-17-8/h8-9,11-13H,1-7,14H2,(H,15,16). The fraction of sp³-hybridized carbons (Fsp3) is 0.923. The molecule has 3 fully saturated rings. The molecule has 0 aromatic carbocycles. The Labute approximate surface area is 107 Å². The summed E-state index contributed by atoms with van der Waals surface area (Å²) in [4.78, 5) is 11.9. The van der Waals surface area contributed by atoms with E-state index < -0.39 is 0 Å². The summed E-state index contributed by atoms with van der Waals surface area (Å²) >= 11 is 0. The predicted molar refractivity (Wildman–Crippen MR) is 66.0 cm³/mol. The van der Waals surface area contributed by atoms with Gasteiger partial charge in [-0.25, -0.2) is 0 Å². The zero-order valence-electron chi connectivity index (χ0n) is 10.6. The van der Waals surface area contributed by atoms with Gasteiger partial charge in [-0.15, -0.1) is 0 Å². The Hall–Kier alpha value is -0.650. The summed E-state index contributed by atoms with van der Waals surface area (Å²) in [5.41, 5.74) is 6.06. The number of hydrogen-bond donors (Lipinski definition) is 2. The van der Waals surface area contributed by atoms with E-state index in [1.54, 1.807) is 0 Å². The van der Waals surface area contributed by atoms with Gasteiger partial charge in [0, 0.05) is 31.6 Å². The van der Waals surface area contributed by atoms with Gasteiger partial charge < -0.3 is 20.5 Å². The van der Waals surface area contributed by atoms with Crippen molar-refractivity contribution in [2.75, 3.05) is 13.2 Å². The molecule has 3 rings (SSSR count). The van der Waals surface area contributed by atoms with Gasteiger partial charge in [-0.2, -0.15) is 0 Å². The summed E-state index contributed by atoms with van der Waals surface area (Å²) in [5.74, 6) is 0.536. The molecular weight excluding hydrogens is 232 g/mol. The van der Waals surface area contributed by atoms with Crippen molar-refractivity contribution in [2.24, 2.45) is 11.7 Å². The van der Waals surface area contributed by atoms with Gasteiger partial charge in [-0.3, -0.25) is 4.79 Å². The maximum atomic E-state index is 11.9. The Morgan fingerprint density at radius 1 is 1.28 bits per heavy atom. The number of carbonyl (C=O) groups excluding carboxylic acids is 1. The third-order valence-electron chi connectivity index (χ3n) is 4.49. The molecule has 0 spiro atoms. The second-order valence-electron chi connectivity index (χ2n) is 5.63. The van der Waals surface area contributed by atoms with Crippen molar-refractivity contribution in [3.8, 4) is 0 Å². The summed E-state index contributed by atoms with van der Waals surface area (Å²) in [7, 11) is 0. The fourth-order valence-corrected chi connectivity index (χ4v) is 3.35. The minimum absolute atomic E-state index is 0.0227. The molecular formula is C13H22N2O3. The zero-order valence-corrected chi connectivity index (χ0v) is 10.6. The van der Waals surface area contributed by atoms with Crippen molar-refractivity contribution in [3.05, 3.63) is 0 Å². The normalized spacial score (nSPS) is 42.4. The molecule has 0 bridgehead atoms. The third kappa shape index (κ3) is 2.27. The molecule has 2 saturated heterocycles. The van der Waals surface area contributed by atoms with E-state index in [-0.39, 0.29) is 30.2 Å². The van der Waals surface area contributed by atoms with E-state index in [1.165, 1.54) is 0 Å². The Bertz CT molecular complexity index is 317. The highest BCUT2D eigenvalue weighted by molar-refractivity contribution is 5.76. The second kappa shape index (κ2) is 5.15. The van der Waals surface area contributed by atoms with E-state index in [1.807, 2.05) is 0 Å². The monoisotopic (exact) mass is 254 g/mol. The molecule has 2 aliphatic heterocycles. The highest BCUT2D eigenvalue weighted by Crippen LogP contribution is 2.37. The fourth-order valence-electron chi connectivity index (χ4n) is 3.35. The van der Waals surface area contributed by atoms with Crippen molar-refractivity contribution in [2.45, 2.75) is 56.4 Å². The number of nitrogens with two attached hydrogens (primary N) is 1. The molecule has 102 valence electrons. The van der Waals surface area contributed by atoms with Crippen molar-refractivity contribution in [1.82, 2.24) is 5.32 Å². The summed E-state index contributed by atoms with van der Waals surface area (Å²) in [6, 6.07) is 0.0960. The molecule has 5 unspecified atom stereocenters. The van der Waals surface area contributed by atoms with Crippen LogP contribution < -0.4 is 11.1 Å². The first-order chi connectivity index (χ1) is 8.75. The topological polar surface area (TPSA) is 73.6 Å². The van der Waals surface area contributed by atoms with Gasteiger partial charge in [-0.05, 0) is 25.7 Å². The first-order valence-corrected chi connectivity index (χ1v) is 7.04. The van der Waals surface area contributed by atoms with Crippen LogP contribution >= 0.6 is 0 Å². The highest BCUT2D eigenvalue weighted by Gasteiger charge is 2.52. The van der Waals surface area contributed by atoms with Crippen LogP contribution in [0.15, 0.2) is 0 Å². The average molecular weight is 254 g/mol. The minimum atomic E-state index is 0.0227. The number of amides is 1. The van der Waals surface area contributed by atoms with Crippen LogP contribution in [-0.2, 0) is 14.3 Å². The molecule has 0 radical (unpaired) electrons. The van der Waals surface area contributed by atoms with Crippen molar-refractivity contribution < 1.29 is 14.3 Å². The van der Waals surface area contributed by atoms with Gasteiger partial charge in [0.1, 0.15) is 0 Å². The molecule has 18 heavy (non-hydrogen) atoms. The molecule has 5 heteroatoms. The van der Waals surface area contributed by atoms with Crippen LogP contribution in [0.4, 0.5) is 0 Å². The maximum absolute atomic E-state index is 11.9. The van der Waals surface area contributed by atoms with Gasteiger partial charge in [-0.1, -0.05) is 0 Å². The lowest BCUT2D eigenvalue weighted by Crippen LogP contribution is -2.68. The van der Waals surface area contributed by atoms with Crippen LogP contribution in [0.2, 0.25) is 0 Å². The number of rotatable bonds is 4. The highest BCUT2D eigenvalue weighted by atomic mass is 16.5. The Balaban J connectivity index is 1.41. The lowest BCUT2D eigenvalue weighted by Gasteiger charge is -2.45. The van der Waals surface area contributed by atoms with Crippen molar-refractivity contribution >= 4 is 5.91 Å². The first kappa shape index (κ1) is 12.4. The molecule has 0 aromatic rings. The summed E-state index contributed by atoms with van der Waals surface area (Å²) in [5, 5.41) is 3.02. The zero-order chi connectivity index (χ0) is 12.5. The quantitative estimate of drug-likeness (QED) is 0.750. The molecule has 3 aliphatic rings. The van der Waals surface area contributed by atoms with Crippen LogP contribution in [-0.4, -0.2) is 43.4 Å². The Morgan fingerprint density at radius 2 is 2.17 bits per heavy atom. The SMILES string of the molecule is NC1C2CCOC2C1NC(=O)CCC1CCCO1.